The van der Waals surface area contributed by atoms with Gasteiger partial charge in [0.15, 0.2) is 0 Å². The second-order valence-corrected chi connectivity index (χ2v) is 2.50. The largest absolute Gasteiger partial charge is 0.392 e. The van der Waals surface area contributed by atoms with E-state index >= 15 is 0 Å². The molecule has 0 bridgehead atoms. The molecule has 1 aliphatic heterocycles. The maximum absolute atomic E-state index is 9.08. The van der Waals surface area contributed by atoms with Crippen molar-refractivity contribution in [1.29, 1.82) is 0 Å². The molecule has 0 spiro atoms. The third kappa shape index (κ3) is 1.90. The highest BCUT2D eigenvalue weighted by Gasteiger charge is 2.18. The molecule has 0 aromatic rings. The summed E-state index contributed by atoms with van der Waals surface area (Å²) in [6.45, 7) is 2.37. The Morgan fingerprint density at radius 1 is 1.70 bits per heavy atom. The van der Waals surface area contributed by atoms with Gasteiger partial charge in [0.1, 0.15) is 0 Å². The Labute approximate surface area is 60.8 Å². The molecule has 0 aromatic carbocycles. The quantitative estimate of drug-likeness (QED) is 0.362. The van der Waals surface area contributed by atoms with Crippen molar-refractivity contribution in [3.05, 3.63) is 0 Å². The van der Waals surface area contributed by atoms with E-state index in [4.69, 9.17) is 10.8 Å². The van der Waals surface area contributed by atoms with Gasteiger partial charge < -0.3 is 10.8 Å². The highest BCUT2D eigenvalue weighted by atomic mass is 16.3. The third-order valence-electron chi connectivity index (χ3n) is 1.65. The minimum atomic E-state index is -0.153. The molecule has 0 radical (unpaired) electrons. The van der Waals surface area contributed by atoms with E-state index in [9.17, 15) is 0 Å². The standard InChI is InChI=1S/C7H12N2O/c8-3-1-4-9-5-2-7(10)6-9/h7,10H,2,4-6,8H2. The van der Waals surface area contributed by atoms with E-state index in [0.29, 0.717) is 6.54 Å². The highest BCUT2D eigenvalue weighted by Crippen LogP contribution is 2.06. The lowest BCUT2D eigenvalue weighted by molar-refractivity contribution is 0.180. The Hall–Kier alpha value is -0.720. The first-order chi connectivity index (χ1) is 4.83. The number of likely N-dealkylation sites (tertiary alicyclic amines) is 1. The van der Waals surface area contributed by atoms with E-state index in [2.05, 4.69) is 16.9 Å². The lowest BCUT2D eigenvalue weighted by atomic mass is 10.3. The number of nitrogens with two attached hydrogens (primary N) is 1. The van der Waals surface area contributed by atoms with E-state index in [-0.39, 0.29) is 6.10 Å². The molecule has 56 valence electrons. The van der Waals surface area contributed by atoms with Gasteiger partial charge in [0.2, 0.25) is 0 Å². The molecule has 3 heteroatoms. The van der Waals surface area contributed by atoms with Crippen molar-refractivity contribution in [2.45, 2.75) is 12.5 Å². The SMILES string of the molecule is NC#CCN1CCC(O)C1. The van der Waals surface area contributed by atoms with Crippen LogP contribution in [0.1, 0.15) is 6.42 Å². The molecule has 1 rings (SSSR count). The smallest absolute Gasteiger partial charge is 0.0679 e. The number of β-amino-alcohol motifs (C(OH)–C–C–N with tert-alkyl or cyclic N) is 1. The molecule has 10 heavy (non-hydrogen) atoms. The summed E-state index contributed by atoms with van der Waals surface area (Å²) >= 11 is 0. The van der Waals surface area contributed by atoms with E-state index < -0.39 is 0 Å². The maximum Gasteiger partial charge on any atom is 0.0679 e. The van der Waals surface area contributed by atoms with E-state index in [0.717, 1.165) is 19.5 Å². The van der Waals surface area contributed by atoms with Gasteiger partial charge in [0.05, 0.1) is 12.6 Å². The summed E-state index contributed by atoms with van der Waals surface area (Å²) in [5, 5.41) is 9.08. The number of hydrogen-bond donors (Lipinski definition) is 2. The number of aliphatic hydroxyl groups is 1. The number of nitrogens with zero attached hydrogens (tertiary/aromatic N) is 1. The minimum Gasteiger partial charge on any atom is -0.392 e. The number of hydrogen-bond acceptors (Lipinski definition) is 3. The second-order valence-electron chi connectivity index (χ2n) is 2.50. The predicted molar refractivity (Wildman–Crippen MR) is 39.0 cm³/mol. The molecule has 0 aliphatic carbocycles. The summed E-state index contributed by atoms with van der Waals surface area (Å²) in [7, 11) is 0. The van der Waals surface area contributed by atoms with Crippen LogP contribution in [0.15, 0.2) is 0 Å². The lowest BCUT2D eigenvalue weighted by Crippen LogP contribution is -2.22. The van der Waals surface area contributed by atoms with Crippen molar-refractivity contribution >= 4 is 0 Å². The molecule has 1 aliphatic rings. The fraction of sp³-hybridized carbons (Fsp3) is 0.714. The van der Waals surface area contributed by atoms with Gasteiger partial charge in [0.25, 0.3) is 0 Å². The van der Waals surface area contributed by atoms with Crippen LogP contribution in [0.2, 0.25) is 0 Å². The predicted octanol–water partition coefficient (Wildman–Crippen LogP) is -1.03. The molecule has 0 aromatic heterocycles. The van der Waals surface area contributed by atoms with Crippen LogP contribution in [0.4, 0.5) is 0 Å². The van der Waals surface area contributed by atoms with Gasteiger partial charge >= 0.3 is 0 Å². The molecule has 0 saturated carbocycles. The summed E-state index contributed by atoms with van der Waals surface area (Å²) in [6.07, 6.45) is 0.714. The molecule has 1 saturated heterocycles. The average Bonchev–Trinajstić information content (AvgIpc) is 2.31. The van der Waals surface area contributed by atoms with Crippen LogP contribution in [-0.4, -0.2) is 35.7 Å². The van der Waals surface area contributed by atoms with Crippen molar-refractivity contribution in [3.8, 4) is 12.0 Å². The Kier molecular flexibility index (Phi) is 2.55. The molecule has 1 atom stereocenters. The fourth-order valence-electron chi connectivity index (χ4n) is 1.11. The van der Waals surface area contributed by atoms with Gasteiger partial charge in [-0.05, 0) is 6.42 Å². The molecule has 1 unspecified atom stereocenters. The second kappa shape index (κ2) is 3.45. The number of rotatable bonds is 1. The first-order valence-corrected chi connectivity index (χ1v) is 3.42. The van der Waals surface area contributed by atoms with Crippen LogP contribution in [-0.2, 0) is 0 Å². The zero-order chi connectivity index (χ0) is 7.40. The van der Waals surface area contributed by atoms with Gasteiger partial charge in [-0.25, -0.2) is 0 Å². The molecular weight excluding hydrogens is 128 g/mol. The van der Waals surface area contributed by atoms with Crippen LogP contribution in [0, 0.1) is 12.0 Å². The first-order valence-electron chi connectivity index (χ1n) is 3.42. The van der Waals surface area contributed by atoms with Crippen molar-refractivity contribution in [2.75, 3.05) is 19.6 Å². The van der Waals surface area contributed by atoms with Gasteiger partial charge in [-0.15, -0.1) is 0 Å². The minimum absolute atomic E-state index is 0.153. The van der Waals surface area contributed by atoms with E-state index in [1.165, 1.54) is 0 Å². The summed E-state index contributed by atoms with van der Waals surface area (Å²) < 4.78 is 0. The first kappa shape index (κ1) is 7.39. The van der Waals surface area contributed by atoms with E-state index in [1.54, 1.807) is 0 Å². The van der Waals surface area contributed by atoms with Crippen molar-refractivity contribution < 1.29 is 5.11 Å². The topological polar surface area (TPSA) is 49.5 Å². The Morgan fingerprint density at radius 3 is 3.00 bits per heavy atom. The summed E-state index contributed by atoms with van der Waals surface area (Å²) in [5.74, 6) is 2.75. The summed E-state index contributed by atoms with van der Waals surface area (Å²) in [6, 6.07) is 2.34. The Bertz CT molecular complexity index is 159. The van der Waals surface area contributed by atoms with Crippen LogP contribution >= 0.6 is 0 Å². The van der Waals surface area contributed by atoms with Gasteiger partial charge in [-0.3, -0.25) is 4.90 Å². The molecule has 1 fully saturated rings. The Morgan fingerprint density at radius 2 is 2.50 bits per heavy atom. The Balaban J connectivity index is 2.22. The molecule has 3 N–H and O–H groups in total. The maximum atomic E-state index is 9.08. The summed E-state index contributed by atoms with van der Waals surface area (Å²) in [5.41, 5.74) is 4.99. The molecule has 0 amide bonds. The summed E-state index contributed by atoms with van der Waals surface area (Å²) in [4.78, 5) is 2.09. The van der Waals surface area contributed by atoms with Crippen molar-refractivity contribution in [1.82, 2.24) is 4.90 Å². The monoisotopic (exact) mass is 140 g/mol. The molecule has 1 heterocycles. The van der Waals surface area contributed by atoms with Crippen LogP contribution in [0.3, 0.4) is 0 Å². The van der Waals surface area contributed by atoms with Gasteiger partial charge in [-0.2, -0.15) is 0 Å². The van der Waals surface area contributed by atoms with Crippen LogP contribution in [0.25, 0.3) is 0 Å². The average molecular weight is 140 g/mol. The van der Waals surface area contributed by atoms with Gasteiger partial charge in [0, 0.05) is 19.1 Å². The van der Waals surface area contributed by atoms with Crippen LogP contribution < -0.4 is 5.73 Å². The van der Waals surface area contributed by atoms with E-state index in [1.807, 2.05) is 0 Å². The van der Waals surface area contributed by atoms with Crippen LogP contribution in [0.5, 0.6) is 0 Å². The van der Waals surface area contributed by atoms with Crippen molar-refractivity contribution in [3.63, 3.8) is 0 Å². The number of aliphatic hydroxyl groups excluding tert-OH is 1. The zero-order valence-corrected chi connectivity index (χ0v) is 5.88. The highest BCUT2D eigenvalue weighted by molar-refractivity contribution is 4.97. The zero-order valence-electron chi connectivity index (χ0n) is 5.88. The lowest BCUT2D eigenvalue weighted by Gasteiger charge is -2.08. The molecule has 3 nitrogen and oxygen atoms in total. The van der Waals surface area contributed by atoms with Gasteiger partial charge in [-0.1, -0.05) is 5.92 Å². The normalized spacial score (nSPS) is 25.9. The molecular formula is C7H12N2O. The van der Waals surface area contributed by atoms with Crippen molar-refractivity contribution in [2.24, 2.45) is 5.73 Å². The third-order valence-corrected chi connectivity index (χ3v) is 1.65. The fourth-order valence-corrected chi connectivity index (χ4v) is 1.11.